The SMILES string of the molecule is O=[N+]([O-])c1ccc(Cl)nc1NC1CCN2CCCC2C1. The molecule has 2 unspecified atom stereocenters. The first-order valence-electron chi connectivity index (χ1n) is 6.95. The third-order valence-electron chi connectivity index (χ3n) is 4.20. The van der Waals surface area contributed by atoms with E-state index in [2.05, 4.69) is 15.2 Å². The van der Waals surface area contributed by atoms with Crippen molar-refractivity contribution in [1.82, 2.24) is 9.88 Å². The minimum Gasteiger partial charge on any atom is -0.361 e. The number of hydrogen-bond acceptors (Lipinski definition) is 5. The highest BCUT2D eigenvalue weighted by atomic mass is 35.5. The highest BCUT2D eigenvalue weighted by molar-refractivity contribution is 6.29. The second-order valence-corrected chi connectivity index (χ2v) is 5.84. The highest BCUT2D eigenvalue weighted by Crippen LogP contribution is 2.31. The number of nitro groups is 1. The normalized spacial score (nSPS) is 26.2. The number of aromatic nitrogens is 1. The van der Waals surface area contributed by atoms with Crippen molar-refractivity contribution in [2.75, 3.05) is 18.4 Å². The lowest BCUT2D eigenvalue weighted by Gasteiger charge is -2.35. The molecule has 0 amide bonds. The third kappa shape index (κ3) is 2.71. The molecule has 1 aromatic rings. The van der Waals surface area contributed by atoms with E-state index in [0.29, 0.717) is 11.9 Å². The van der Waals surface area contributed by atoms with Crippen molar-refractivity contribution in [3.8, 4) is 0 Å². The van der Waals surface area contributed by atoms with E-state index in [1.54, 1.807) is 0 Å². The van der Waals surface area contributed by atoms with Gasteiger partial charge in [-0.3, -0.25) is 10.1 Å². The molecule has 0 aromatic carbocycles. The van der Waals surface area contributed by atoms with Crippen molar-refractivity contribution < 1.29 is 4.92 Å². The van der Waals surface area contributed by atoms with E-state index >= 15 is 0 Å². The Bertz CT molecular complexity index is 525. The maximum atomic E-state index is 11.0. The fourth-order valence-electron chi connectivity index (χ4n) is 3.23. The molecule has 1 aromatic heterocycles. The highest BCUT2D eigenvalue weighted by Gasteiger charge is 2.32. The van der Waals surface area contributed by atoms with Crippen LogP contribution >= 0.6 is 11.6 Å². The maximum absolute atomic E-state index is 11.0. The monoisotopic (exact) mass is 296 g/mol. The van der Waals surface area contributed by atoms with Gasteiger partial charge in [-0.05, 0) is 38.3 Å². The van der Waals surface area contributed by atoms with Crippen LogP contribution in [0.5, 0.6) is 0 Å². The van der Waals surface area contributed by atoms with Crippen molar-refractivity contribution in [1.29, 1.82) is 0 Å². The predicted octanol–water partition coefficient (Wildman–Crippen LogP) is 2.68. The first kappa shape index (κ1) is 13.6. The van der Waals surface area contributed by atoms with Crippen LogP contribution in [0.15, 0.2) is 12.1 Å². The lowest BCUT2D eigenvalue weighted by atomic mass is 9.97. The van der Waals surface area contributed by atoms with Crippen molar-refractivity contribution in [2.45, 2.75) is 37.8 Å². The van der Waals surface area contributed by atoms with E-state index in [1.165, 1.54) is 31.5 Å². The first-order chi connectivity index (χ1) is 9.63. The van der Waals surface area contributed by atoms with Gasteiger partial charge >= 0.3 is 5.69 Å². The Morgan fingerprint density at radius 3 is 3.05 bits per heavy atom. The van der Waals surface area contributed by atoms with E-state index in [1.807, 2.05) is 0 Å². The third-order valence-corrected chi connectivity index (χ3v) is 4.41. The van der Waals surface area contributed by atoms with Crippen molar-refractivity contribution in [3.05, 3.63) is 27.4 Å². The van der Waals surface area contributed by atoms with Gasteiger partial charge in [0.25, 0.3) is 0 Å². The molecule has 2 atom stereocenters. The van der Waals surface area contributed by atoms with Gasteiger partial charge in [0.05, 0.1) is 4.92 Å². The smallest absolute Gasteiger partial charge is 0.311 e. The maximum Gasteiger partial charge on any atom is 0.311 e. The summed E-state index contributed by atoms with van der Waals surface area (Å²) in [6.07, 6.45) is 4.49. The summed E-state index contributed by atoms with van der Waals surface area (Å²) in [5.74, 6) is 0.291. The van der Waals surface area contributed by atoms with Crippen LogP contribution in [0.4, 0.5) is 11.5 Å². The summed E-state index contributed by atoms with van der Waals surface area (Å²) >= 11 is 5.85. The van der Waals surface area contributed by atoms with Crippen LogP contribution in [0.3, 0.4) is 0 Å². The molecule has 108 valence electrons. The summed E-state index contributed by atoms with van der Waals surface area (Å²) in [6.45, 7) is 2.24. The Hall–Kier alpha value is -1.40. The summed E-state index contributed by atoms with van der Waals surface area (Å²) < 4.78 is 0. The van der Waals surface area contributed by atoms with Gasteiger partial charge in [-0.1, -0.05) is 11.6 Å². The van der Waals surface area contributed by atoms with E-state index in [4.69, 9.17) is 11.6 Å². The van der Waals surface area contributed by atoms with Crippen LogP contribution in [0.2, 0.25) is 5.15 Å². The second-order valence-electron chi connectivity index (χ2n) is 5.46. The Balaban J connectivity index is 1.74. The van der Waals surface area contributed by atoms with Crippen LogP contribution < -0.4 is 5.32 Å². The Morgan fingerprint density at radius 2 is 2.25 bits per heavy atom. The van der Waals surface area contributed by atoms with Gasteiger partial charge in [0.1, 0.15) is 5.15 Å². The van der Waals surface area contributed by atoms with Crippen LogP contribution in [-0.2, 0) is 0 Å². The quantitative estimate of drug-likeness (QED) is 0.527. The fourth-order valence-corrected chi connectivity index (χ4v) is 3.38. The topological polar surface area (TPSA) is 71.3 Å². The number of anilines is 1. The van der Waals surface area contributed by atoms with Gasteiger partial charge in [0, 0.05) is 24.7 Å². The molecule has 0 bridgehead atoms. The molecule has 1 N–H and O–H groups in total. The number of nitrogens with zero attached hydrogens (tertiary/aromatic N) is 3. The molecule has 2 fully saturated rings. The van der Waals surface area contributed by atoms with Crippen LogP contribution in [-0.4, -0.2) is 40.0 Å². The standard InChI is InChI=1S/C13H17ClN4O2/c14-12-4-3-11(18(19)20)13(16-12)15-9-5-7-17-6-1-2-10(17)8-9/h3-4,9-10H,1-2,5-8H2,(H,15,16). The van der Waals surface area contributed by atoms with Gasteiger partial charge in [0.2, 0.25) is 5.82 Å². The number of nitrogens with one attached hydrogen (secondary N) is 1. The lowest BCUT2D eigenvalue weighted by Crippen LogP contribution is -2.42. The van der Waals surface area contributed by atoms with Crippen molar-refractivity contribution >= 4 is 23.1 Å². The Morgan fingerprint density at radius 1 is 1.40 bits per heavy atom. The number of fused-ring (bicyclic) bond motifs is 1. The van der Waals surface area contributed by atoms with E-state index in [0.717, 1.165) is 19.4 Å². The molecule has 2 aliphatic rings. The molecule has 7 heteroatoms. The molecule has 20 heavy (non-hydrogen) atoms. The molecule has 0 saturated carbocycles. The van der Waals surface area contributed by atoms with E-state index in [-0.39, 0.29) is 16.9 Å². The summed E-state index contributed by atoms with van der Waals surface area (Å²) in [4.78, 5) is 17.2. The summed E-state index contributed by atoms with van der Waals surface area (Å²) in [5, 5.41) is 14.5. The molecular formula is C13H17ClN4O2. The molecule has 0 radical (unpaired) electrons. The van der Waals surface area contributed by atoms with Gasteiger partial charge in [-0.15, -0.1) is 0 Å². The van der Waals surface area contributed by atoms with Crippen LogP contribution in [0, 0.1) is 10.1 Å². The average molecular weight is 297 g/mol. The van der Waals surface area contributed by atoms with Crippen LogP contribution in [0.25, 0.3) is 0 Å². The fraction of sp³-hybridized carbons (Fsp3) is 0.615. The van der Waals surface area contributed by atoms with Crippen molar-refractivity contribution in [3.63, 3.8) is 0 Å². The first-order valence-corrected chi connectivity index (χ1v) is 7.33. The summed E-state index contributed by atoms with van der Waals surface area (Å²) in [6, 6.07) is 3.70. The molecule has 0 aliphatic carbocycles. The largest absolute Gasteiger partial charge is 0.361 e. The molecule has 3 heterocycles. The van der Waals surface area contributed by atoms with Gasteiger partial charge < -0.3 is 10.2 Å². The number of hydrogen-bond donors (Lipinski definition) is 1. The van der Waals surface area contributed by atoms with E-state index in [9.17, 15) is 10.1 Å². The molecule has 0 spiro atoms. The molecule has 3 rings (SSSR count). The zero-order valence-corrected chi connectivity index (χ0v) is 11.8. The van der Waals surface area contributed by atoms with E-state index < -0.39 is 4.92 Å². The number of piperidine rings is 1. The lowest BCUT2D eigenvalue weighted by molar-refractivity contribution is -0.384. The zero-order valence-electron chi connectivity index (χ0n) is 11.1. The average Bonchev–Trinajstić information content (AvgIpc) is 2.85. The number of halogens is 1. The number of pyridine rings is 1. The Kier molecular flexibility index (Phi) is 3.76. The molecular weight excluding hydrogens is 280 g/mol. The van der Waals surface area contributed by atoms with Crippen LogP contribution in [0.1, 0.15) is 25.7 Å². The Labute approximate surface area is 122 Å². The predicted molar refractivity (Wildman–Crippen MR) is 77.1 cm³/mol. The molecule has 2 aliphatic heterocycles. The minimum absolute atomic E-state index is 0.0109. The molecule has 2 saturated heterocycles. The van der Waals surface area contributed by atoms with Gasteiger partial charge in [0.15, 0.2) is 0 Å². The minimum atomic E-state index is -0.420. The molecule has 6 nitrogen and oxygen atoms in total. The zero-order chi connectivity index (χ0) is 14.1. The van der Waals surface area contributed by atoms with Gasteiger partial charge in [-0.25, -0.2) is 4.98 Å². The summed E-state index contributed by atoms with van der Waals surface area (Å²) in [5.41, 5.74) is -0.0109. The van der Waals surface area contributed by atoms with Crippen molar-refractivity contribution in [2.24, 2.45) is 0 Å². The summed E-state index contributed by atoms with van der Waals surface area (Å²) in [7, 11) is 0. The second kappa shape index (κ2) is 5.54. The number of rotatable bonds is 3. The van der Waals surface area contributed by atoms with Gasteiger partial charge in [-0.2, -0.15) is 0 Å².